The van der Waals surface area contributed by atoms with Gasteiger partial charge in [-0.25, -0.2) is 0 Å². The number of carbonyl (C=O) groups excluding carboxylic acids is 1. The Hall–Kier alpha value is -2.08. The highest BCUT2D eigenvalue weighted by Gasteiger charge is 2.23. The second kappa shape index (κ2) is 7.97. The minimum atomic E-state index is -0.195. The third-order valence-electron chi connectivity index (χ3n) is 4.22. The van der Waals surface area contributed by atoms with Crippen LogP contribution < -0.4 is 0 Å². The number of hydrogen-bond acceptors (Lipinski definition) is 4. The van der Waals surface area contributed by atoms with Gasteiger partial charge in [0.1, 0.15) is 5.76 Å². The zero-order chi connectivity index (χ0) is 16.8. The molecule has 2 aromatic heterocycles. The van der Waals surface area contributed by atoms with Crippen LogP contribution in [-0.4, -0.2) is 38.8 Å². The van der Waals surface area contributed by atoms with Crippen molar-refractivity contribution < 1.29 is 14.3 Å². The van der Waals surface area contributed by atoms with Crippen molar-refractivity contribution in [2.75, 3.05) is 6.61 Å². The second-order valence-corrected chi connectivity index (χ2v) is 5.76. The molecule has 2 N–H and O–H groups in total. The summed E-state index contributed by atoms with van der Waals surface area (Å²) in [5.41, 5.74) is 3.03. The minimum absolute atomic E-state index is 0.0160. The van der Waals surface area contributed by atoms with E-state index in [0.29, 0.717) is 25.8 Å². The van der Waals surface area contributed by atoms with E-state index < -0.39 is 0 Å². The number of aliphatic hydroxyl groups excluding tert-OH is 1. The fourth-order valence-corrected chi connectivity index (χ4v) is 2.76. The maximum atomic E-state index is 12.7. The third kappa shape index (κ3) is 4.22. The van der Waals surface area contributed by atoms with Crippen molar-refractivity contribution in [2.45, 2.75) is 52.6 Å². The second-order valence-electron chi connectivity index (χ2n) is 5.76. The van der Waals surface area contributed by atoms with Gasteiger partial charge in [-0.2, -0.15) is 5.10 Å². The number of amides is 1. The Kier molecular flexibility index (Phi) is 5.98. The van der Waals surface area contributed by atoms with Gasteiger partial charge in [-0.05, 0) is 44.4 Å². The van der Waals surface area contributed by atoms with Crippen molar-refractivity contribution in [3.05, 3.63) is 41.1 Å². The van der Waals surface area contributed by atoms with E-state index in [1.807, 2.05) is 26.8 Å². The largest absolute Gasteiger partial charge is 0.467 e. The van der Waals surface area contributed by atoms with E-state index in [9.17, 15) is 9.90 Å². The summed E-state index contributed by atoms with van der Waals surface area (Å²) in [7, 11) is 0. The van der Waals surface area contributed by atoms with Gasteiger partial charge in [0.15, 0.2) is 0 Å². The molecule has 0 spiro atoms. The minimum Gasteiger partial charge on any atom is -0.467 e. The summed E-state index contributed by atoms with van der Waals surface area (Å²) in [5.74, 6) is 0.739. The summed E-state index contributed by atoms with van der Waals surface area (Å²) in [4.78, 5) is 14.4. The summed E-state index contributed by atoms with van der Waals surface area (Å²) >= 11 is 0. The highest BCUT2D eigenvalue weighted by atomic mass is 16.3. The van der Waals surface area contributed by atoms with Crippen LogP contribution in [-0.2, 0) is 17.8 Å². The van der Waals surface area contributed by atoms with Crippen LogP contribution in [0.15, 0.2) is 22.8 Å². The Morgan fingerprint density at radius 1 is 1.48 bits per heavy atom. The van der Waals surface area contributed by atoms with Gasteiger partial charge in [0.2, 0.25) is 5.91 Å². The smallest absolute Gasteiger partial charge is 0.223 e. The third-order valence-corrected chi connectivity index (χ3v) is 4.22. The van der Waals surface area contributed by atoms with E-state index in [1.165, 1.54) is 0 Å². The Balaban J connectivity index is 2.06. The molecule has 0 fully saturated rings. The molecule has 1 unspecified atom stereocenters. The zero-order valence-electron chi connectivity index (χ0n) is 14.0. The molecule has 0 saturated carbocycles. The van der Waals surface area contributed by atoms with Crippen molar-refractivity contribution in [1.82, 2.24) is 15.1 Å². The predicted molar refractivity (Wildman–Crippen MR) is 86.8 cm³/mol. The summed E-state index contributed by atoms with van der Waals surface area (Å²) in [5, 5.41) is 16.7. The molecule has 126 valence electrons. The number of rotatable bonds is 8. The molecule has 0 aromatic carbocycles. The molecule has 0 aliphatic heterocycles. The average molecular weight is 319 g/mol. The van der Waals surface area contributed by atoms with Gasteiger partial charge in [0, 0.05) is 12.1 Å². The summed E-state index contributed by atoms with van der Waals surface area (Å²) in [6.45, 7) is 6.20. The van der Waals surface area contributed by atoms with Gasteiger partial charge in [0.25, 0.3) is 0 Å². The number of nitrogens with one attached hydrogen (secondary N) is 1. The Labute approximate surface area is 136 Å². The van der Waals surface area contributed by atoms with Gasteiger partial charge >= 0.3 is 0 Å². The monoisotopic (exact) mass is 319 g/mol. The summed E-state index contributed by atoms with van der Waals surface area (Å²) in [6, 6.07) is 3.45. The van der Waals surface area contributed by atoms with Crippen LogP contribution in [0.25, 0.3) is 0 Å². The van der Waals surface area contributed by atoms with Crippen LogP contribution in [0.5, 0.6) is 0 Å². The molecule has 0 bridgehead atoms. The molecule has 0 aliphatic carbocycles. The van der Waals surface area contributed by atoms with Crippen molar-refractivity contribution in [3.8, 4) is 0 Å². The first-order valence-corrected chi connectivity index (χ1v) is 8.00. The molecule has 0 radical (unpaired) electrons. The molecule has 2 rings (SSSR count). The fourth-order valence-electron chi connectivity index (χ4n) is 2.76. The van der Waals surface area contributed by atoms with Crippen LogP contribution in [0.1, 0.15) is 42.5 Å². The molecular weight excluding hydrogens is 294 g/mol. The standard InChI is InChI=1S/C17H25N3O3/c1-4-14(11-21)20(10-15-6-5-9-23-15)17(22)8-7-16-12(2)18-19-13(16)3/h5-6,9,14,21H,4,7-8,10-11H2,1-3H3,(H,18,19). The Morgan fingerprint density at radius 2 is 2.26 bits per heavy atom. The average Bonchev–Trinajstić information content (AvgIpc) is 3.16. The number of carbonyl (C=O) groups is 1. The molecule has 0 aliphatic rings. The van der Waals surface area contributed by atoms with Crippen LogP contribution in [0, 0.1) is 13.8 Å². The number of nitrogens with zero attached hydrogens (tertiary/aromatic N) is 2. The lowest BCUT2D eigenvalue weighted by molar-refractivity contribution is -0.135. The maximum Gasteiger partial charge on any atom is 0.223 e. The molecule has 2 heterocycles. The molecule has 6 heteroatoms. The van der Waals surface area contributed by atoms with Crippen LogP contribution in [0.2, 0.25) is 0 Å². The predicted octanol–water partition coefficient (Wildman–Crippen LogP) is 2.35. The van der Waals surface area contributed by atoms with Crippen molar-refractivity contribution in [1.29, 1.82) is 0 Å². The first kappa shape index (κ1) is 17.3. The number of aromatic nitrogens is 2. The van der Waals surface area contributed by atoms with Crippen LogP contribution in [0.4, 0.5) is 0 Å². The van der Waals surface area contributed by atoms with E-state index in [0.717, 1.165) is 22.7 Å². The summed E-state index contributed by atoms with van der Waals surface area (Å²) < 4.78 is 5.35. The van der Waals surface area contributed by atoms with Gasteiger partial charge in [-0.1, -0.05) is 6.92 Å². The molecule has 1 atom stereocenters. The normalized spacial score (nSPS) is 12.3. The molecule has 2 aromatic rings. The number of aliphatic hydroxyl groups is 1. The van der Waals surface area contributed by atoms with E-state index >= 15 is 0 Å². The van der Waals surface area contributed by atoms with Crippen LogP contribution in [0.3, 0.4) is 0 Å². The van der Waals surface area contributed by atoms with Crippen molar-refractivity contribution in [3.63, 3.8) is 0 Å². The quantitative estimate of drug-likeness (QED) is 0.782. The molecule has 23 heavy (non-hydrogen) atoms. The molecular formula is C17H25N3O3. The lowest BCUT2D eigenvalue weighted by Crippen LogP contribution is -2.41. The SMILES string of the molecule is CCC(CO)N(Cc1ccco1)C(=O)CCc1c(C)n[nH]c1C. The molecule has 6 nitrogen and oxygen atoms in total. The number of hydrogen-bond donors (Lipinski definition) is 2. The van der Waals surface area contributed by atoms with E-state index in [2.05, 4.69) is 10.2 Å². The van der Waals surface area contributed by atoms with Gasteiger partial charge in [-0.15, -0.1) is 0 Å². The number of H-pyrrole nitrogens is 1. The first-order chi connectivity index (χ1) is 11.1. The zero-order valence-corrected chi connectivity index (χ0v) is 14.0. The lowest BCUT2D eigenvalue weighted by atomic mass is 10.1. The Bertz CT molecular complexity index is 596. The first-order valence-electron chi connectivity index (χ1n) is 8.00. The number of furan rings is 1. The highest BCUT2D eigenvalue weighted by molar-refractivity contribution is 5.76. The van der Waals surface area contributed by atoms with Gasteiger partial charge < -0.3 is 14.4 Å². The highest BCUT2D eigenvalue weighted by Crippen LogP contribution is 2.16. The van der Waals surface area contributed by atoms with Crippen molar-refractivity contribution in [2.24, 2.45) is 0 Å². The van der Waals surface area contributed by atoms with E-state index in [-0.39, 0.29) is 18.6 Å². The van der Waals surface area contributed by atoms with Crippen LogP contribution >= 0.6 is 0 Å². The van der Waals surface area contributed by atoms with E-state index in [4.69, 9.17) is 4.42 Å². The summed E-state index contributed by atoms with van der Waals surface area (Å²) in [6.07, 6.45) is 3.32. The molecule has 1 amide bonds. The van der Waals surface area contributed by atoms with Crippen molar-refractivity contribution >= 4 is 5.91 Å². The number of aromatic amines is 1. The van der Waals surface area contributed by atoms with Gasteiger partial charge in [-0.3, -0.25) is 9.89 Å². The maximum absolute atomic E-state index is 12.7. The molecule has 0 saturated heterocycles. The topological polar surface area (TPSA) is 82.4 Å². The fraction of sp³-hybridized carbons (Fsp3) is 0.529. The lowest BCUT2D eigenvalue weighted by Gasteiger charge is -2.29. The Morgan fingerprint density at radius 3 is 2.78 bits per heavy atom. The van der Waals surface area contributed by atoms with Gasteiger partial charge in [0.05, 0.1) is 31.2 Å². The van der Waals surface area contributed by atoms with E-state index in [1.54, 1.807) is 17.2 Å². The number of aryl methyl sites for hydroxylation is 2.